The van der Waals surface area contributed by atoms with Crippen molar-refractivity contribution >= 4 is 27.7 Å². The average Bonchev–Trinajstić information content (AvgIpc) is 2.47. The quantitative estimate of drug-likeness (QED) is 0.883. The summed E-state index contributed by atoms with van der Waals surface area (Å²) in [4.78, 5) is 16.3. The monoisotopic (exact) mass is 333 g/mol. The molecule has 4 nitrogen and oxygen atoms in total. The minimum Gasteiger partial charge on any atom is -0.370 e. The minimum atomic E-state index is -0.180. The van der Waals surface area contributed by atoms with E-state index in [0.29, 0.717) is 18.1 Å². The first-order valence-corrected chi connectivity index (χ1v) is 7.22. The predicted octanol–water partition coefficient (Wildman–Crippen LogP) is 3.21. The van der Waals surface area contributed by atoms with Crippen LogP contribution in [0.2, 0.25) is 0 Å². The van der Waals surface area contributed by atoms with Crippen molar-refractivity contribution in [3.05, 3.63) is 58.2 Å². The largest absolute Gasteiger partial charge is 0.370 e. The topological polar surface area (TPSA) is 54.0 Å². The molecule has 0 saturated heterocycles. The second-order valence-corrected chi connectivity index (χ2v) is 5.07. The Labute approximate surface area is 126 Å². The second kappa shape index (κ2) is 7.05. The van der Waals surface area contributed by atoms with Gasteiger partial charge in [-0.25, -0.2) is 4.98 Å². The van der Waals surface area contributed by atoms with Crippen LogP contribution in [0.1, 0.15) is 23.0 Å². The van der Waals surface area contributed by atoms with Crippen LogP contribution in [-0.2, 0) is 6.54 Å². The van der Waals surface area contributed by atoms with Crippen molar-refractivity contribution in [2.45, 2.75) is 13.5 Å². The van der Waals surface area contributed by atoms with E-state index in [1.54, 1.807) is 6.07 Å². The first kappa shape index (κ1) is 14.5. The van der Waals surface area contributed by atoms with E-state index in [4.69, 9.17) is 0 Å². The fourth-order valence-corrected chi connectivity index (χ4v) is 2.17. The fourth-order valence-electron chi connectivity index (χ4n) is 1.75. The molecule has 0 atom stereocenters. The van der Waals surface area contributed by atoms with Gasteiger partial charge in [0.25, 0.3) is 5.91 Å². The number of hydrogen-bond acceptors (Lipinski definition) is 3. The molecule has 1 aromatic heterocycles. The van der Waals surface area contributed by atoms with Crippen molar-refractivity contribution in [2.24, 2.45) is 0 Å². The number of halogens is 1. The van der Waals surface area contributed by atoms with Crippen LogP contribution in [0.4, 0.5) is 5.82 Å². The van der Waals surface area contributed by atoms with E-state index in [1.165, 1.54) is 0 Å². The smallest absolute Gasteiger partial charge is 0.270 e. The molecular weight excluding hydrogens is 318 g/mol. The molecule has 0 aliphatic heterocycles. The number of benzene rings is 1. The zero-order chi connectivity index (χ0) is 14.4. The molecule has 5 heteroatoms. The van der Waals surface area contributed by atoms with Gasteiger partial charge in [-0.2, -0.15) is 0 Å². The third-order valence-electron chi connectivity index (χ3n) is 2.74. The van der Waals surface area contributed by atoms with E-state index in [1.807, 2.05) is 43.3 Å². The summed E-state index contributed by atoms with van der Waals surface area (Å²) in [5.41, 5.74) is 1.44. The highest BCUT2D eigenvalue weighted by atomic mass is 79.9. The summed E-state index contributed by atoms with van der Waals surface area (Å²) >= 11 is 3.46. The second-order valence-electron chi connectivity index (χ2n) is 4.21. The maximum atomic E-state index is 12.1. The molecule has 2 rings (SSSR count). The standard InChI is InChI=1S/C15H16BrN3O/c1-2-17-14-9-5-8-13(19-14)15(20)18-10-11-6-3-4-7-12(11)16/h3-9H,2,10H2,1H3,(H,17,19)(H,18,20). The number of nitrogens with zero attached hydrogens (tertiary/aromatic N) is 1. The van der Waals surface area contributed by atoms with E-state index >= 15 is 0 Å². The molecule has 1 amide bonds. The predicted molar refractivity (Wildman–Crippen MR) is 83.7 cm³/mol. The highest BCUT2D eigenvalue weighted by Gasteiger charge is 2.08. The molecule has 1 aromatic carbocycles. The van der Waals surface area contributed by atoms with Gasteiger partial charge in [0.1, 0.15) is 11.5 Å². The first-order valence-electron chi connectivity index (χ1n) is 6.43. The molecule has 2 N–H and O–H groups in total. The molecule has 0 radical (unpaired) electrons. The van der Waals surface area contributed by atoms with Gasteiger partial charge in [-0.3, -0.25) is 4.79 Å². The molecular formula is C15H16BrN3O. The maximum absolute atomic E-state index is 12.1. The normalized spacial score (nSPS) is 10.1. The summed E-state index contributed by atoms with van der Waals surface area (Å²) in [6.07, 6.45) is 0. The molecule has 0 aliphatic carbocycles. The van der Waals surface area contributed by atoms with Crippen molar-refractivity contribution in [2.75, 3.05) is 11.9 Å². The molecule has 1 heterocycles. The molecule has 0 unspecified atom stereocenters. The van der Waals surface area contributed by atoms with Gasteiger partial charge in [-0.15, -0.1) is 0 Å². The Morgan fingerprint density at radius 3 is 2.75 bits per heavy atom. The van der Waals surface area contributed by atoms with Crippen LogP contribution in [0.25, 0.3) is 0 Å². The third-order valence-corrected chi connectivity index (χ3v) is 3.51. The van der Waals surface area contributed by atoms with Gasteiger partial charge in [-0.1, -0.05) is 40.2 Å². The summed E-state index contributed by atoms with van der Waals surface area (Å²) in [6, 6.07) is 13.2. The van der Waals surface area contributed by atoms with Crippen LogP contribution >= 0.6 is 15.9 Å². The van der Waals surface area contributed by atoms with Crippen molar-refractivity contribution < 1.29 is 4.79 Å². The number of nitrogens with one attached hydrogen (secondary N) is 2. The molecule has 104 valence electrons. The number of aromatic nitrogens is 1. The fraction of sp³-hybridized carbons (Fsp3) is 0.200. The SMILES string of the molecule is CCNc1cccc(C(=O)NCc2ccccc2Br)n1. The lowest BCUT2D eigenvalue weighted by Gasteiger charge is -2.08. The van der Waals surface area contributed by atoms with Crippen LogP contribution in [0, 0.1) is 0 Å². The van der Waals surface area contributed by atoms with E-state index in [2.05, 4.69) is 31.5 Å². The van der Waals surface area contributed by atoms with Crippen molar-refractivity contribution in [1.29, 1.82) is 0 Å². The molecule has 20 heavy (non-hydrogen) atoms. The lowest BCUT2D eigenvalue weighted by atomic mass is 10.2. The number of amides is 1. The molecule has 0 spiro atoms. The molecule has 0 aliphatic rings. The summed E-state index contributed by atoms with van der Waals surface area (Å²) in [7, 11) is 0. The summed E-state index contributed by atoms with van der Waals surface area (Å²) in [5, 5.41) is 5.95. The van der Waals surface area contributed by atoms with Crippen LogP contribution in [0.3, 0.4) is 0 Å². The van der Waals surface area contributed by atoms with Crippen LogP contribution < -0.4 is 10.6 Å². The Hall–Kier alpha value is -1.88. The highest BCUT2D eigenvalue weighted by Crippen LogP contribution is 2.15. The summed E-state index contributed by atoms with van der Waals surface area (Å²) < 4.78 is 0.981. The van der Waals surface area contributed by atoms with Crippen LogP contribution in [0.5, 0.6) is 0 Å². The first-order chi connectivity index (χ1) is 9.70. The molecule has 0 bridgehead atoms. The Morgan fingerprint density at radius 2 is 2.00 bits per heavy atom. The average molecular weight is 334 g/mol. The Morgan fingerprint density at radius 1 is 1.20 bits per heavy atom. The third kappa shape index (κ3) is 3.81. The Balaban J connectivity index is 2.01. The van der Waals surface area contributed by atoms with Gasteiger partial charge in [-0.05, 0) is 30.7 Å². The number of pyridine rings is 1. The van der Waals surface area contributed by atoms with Gasteiger partial charge in [0.2, 0.25) is 0 Å². The van der Waals surface area contributed by atoms with Crippen LogP contribution in [0.15, 0.2) is 46.9 Å². The lowest BCUT2D eigenvalue weighted by molar-refractivity contribution is 0.0946. The van der Waals surface area contributed by atoms with E-state index in [9.17, 15) is 4.79 Å². The van der Waals surface area contributed by atoms with Gasteiger partial charge < -0.3 is 10.6 Å². The van der Waals surface area contributed by atoms with E-state index in [0.717, 1.165) is 16.6 Å². The van der Waals surface area contributed by atoms with Gasteiger partial charge in [0.05, 0.1) is 0 Å². The number of hydrogen-bond donors (Lipinski definition) is 2. The molecule has 0 fully saturated rings. The van der Waals surface area contributed by atoms with Gasteiger partial charge in [0, 0.05) is 17.6 Å². The Bertz CT molecular complexity index is 601. The minimum absolute atomic E-state index is 0.180. The molecule has 0 saturated carbocycles. The number of carbonyl (C=O) groups excluding carboxylic acids is 1. The van der Waals surface area contributed by atoms with Crippen molar-refractivity contribution in [3.63, 3.8) is 0 Å². The Kier molecular flexibility index (Phi) is 5.12. The maximum Gasteiger partial charge on any atom is 0.270 e. The van der Waals surface area contributed by atoms with Crippen molar-refractivity contribution in [1.82, 2.24) is 10.3 Å². The van der Waals surface area contributed by atoms with Crippen molar-refractivity contribution in [3.8, 4) is 0 Å². The summed E-state index contributed by atoms with van der Waals surface area (Å²) in [5.74, 6) is 0.529. The van der Waals surface area contributed by atoms with E-state index in [-0.39, 0.29) is 5.91 Å². The number of rotatable bonds is 5. The summed E-state index contributed by atoms with van der Waals surface area (Å²) in [6.45, 7) is 3.23. The molecule has 2 aromatic rings. The zero-order valence-corrected chi connectivity index (χ0v) is 12.8. The van der Waals surface area contributed by atoms with Gasteiger partial charge >= 0.3 is 0 Å². The zero-order valence-electron chi connectivity index (χ0n) is 11.2. The van der Waals surface area contributed by atoms with Crippen LogP contribution in [-0.4, -0.2) is 17.4 Å². The van der Waals surface area contributed by atoms with E-state index < -0.39 is 0 Å². The highest BCUT2D eigenvalue weighted by molar-refractivity contribution is 9.10. The number of anilines is 1. The lowest BCUT2D eigenvalue weighted by Crippen LogP contribution is -2.24. The van der Waals surface area contributed by atoms with Gasteiger partial charge in [0.15, 0.2) is 0 Å². The number of carbonyl (C=O) groups is 1.